The molecule has 3 heteroatoms. The summed E-state index contributed by atoms with van der Waals surface area (Å²) in [4.78, 5) is 0. The zero-order chi connectivity index (χ0) is 8.10. The maximum absolute atomic E-state index is 7.38. The number of hydrogen-bond acceptors (Lipinski definition) is 2. The van der Waals surface area contributed by atoms with E-state index in [1.165, 1.54) is 0 Å². The first-order valence-corrected chi connectivity index (χ1v) is 3.53. The minimum Gasteiger partial charge on any atom is -0.521 e. The average molecular weight is 332 g/mol. The molecule has 0 aliphatic heterocycles. The van der Waals surface area contributed by atoms with Gasteiger partial charge in [-0.2, -0.15) is 0 Å². The smallest absolute Gasteiger partial charge is 0.126 e. The minimum absolute atomic E-state index is 0. The van der Waals surface area contributed by atoms with Crippen LogP contribution in [0.15, 0.2) is 24.3 Å². The van der Waals surface area contributed by atoms with Crippen molar-refractivity contribution >= 4 is 5.90 Å². The molecule has 0 aliphatic rings. The second kappa shape index (κ2) is 5.96. The van der Waals surface area contributed by atoms with Crippen molar-refractivity contribution in [2.24, 2.45) is 0 Å². The standard InChI is InChI=1S/C9H10NO.W/c1-2-11-9(10)8-6-4-3-5-7-8;/h3-6,10H,2H2,1H3;/q-1;. The van der Waals surface area contributed by atoms with Gasteiger partial charge >= 0.3 is 0 Å². The summed E-state index contributed by atoms with van der Waals surface area (Å²) in [5, 5.41) is 7.38. The van der Waals surface area contributed by atoms with E-state index in [2.05, 4.69) is 6.07 Å². The predicted octanol–water partition coefficient (Wildman–Crippen LogP) is 1.85. The fraction of sp³-hybridized carbons (Fsp3) is 0.222. The Hall–Kier alpha value is -0.622. The SMILES string of the molecule is CCOC(=N)c1[c-]cccc1.[W]. The summed E-state index contributed by atoms with van der Waals surface area (Å²) in [6.07, 6.45) is 0. The van der Waals surface area contributed by atoms with Gasteiger partial charge in [0, 0.05) is 21.1 Å². The topological polar surface area (TPSA) is 33.1 Å². The summed E-state index contributed by atoms with van der Waals surface area (Å²) >= 11 is 0. The molecule has 2 nitrogen and oxygen atoms in total. The van der Waals surface area contributed by atoms with Crippen LogP contribution in [0.2, 0.25) is 0 Å². The van der Waals surface area contributed by atoms with Crippen LogP contribution in [0.5, 0.6) is 0 Å². The molecule has 64 valence electrons. The van der Waals surface area contributed by atoms with Crippen molar-refractivity contribution in [1.82, 2.24) is 0 Å². The molecule has 0 radical (unpaired) electrons. The fourth-order valence-electron chi connectivity index (χ4n) is 0.757. The van der Waals surface area contributed by atoms with Gasteiger partial charge in [-0.3, -0.25) is 0 Å². The van der Waals surface area contributed by atoms with Gasteiger partial charge < -0.3 is 10.1 Å². The number of benzene rings is 1. The number of rotatable bonds is 2. The first-order chi connectivity index (χ1) is 5.34. The molecule has 1 aromatic rings. The molecule has 0 saturated heterocycles. The van der Waals surface area contributed by atoms with Crippen molar-refractivity contribution in [1.29, 1.82) is 5.41 Å². The van der Waals surface area contributed by atoms with E-state index in [0.29, 0.717) is 12.2 Å². The molecule has 0 aromatic heterocycles. The quantitative estimate of drug-likeness (QED) is 0.501. The van der Waals surface area contributed by atoms with E-state index in [9.17, 15) is 0 Å². The molecule has 0 bridgehead atoms. The molecule has 1 aromatic carbocycles. The third-order valence-electron chi connectivity index (χ3n) is 1.24. The Labute approximate surface area is 86.7 Å². The largest absolute Gasteiger partial charge is 0.521 e. The summed E-state index contributed by atoms with van der Waals surface area (Å²) in [6.45, 7) is 2.39. The molecule has 1 rings (SSSR count). The normalized spacial score (nSPS) is 8.42. The third-order valence-corrected chi connectivity index (χ3v) is 1.24. The van der Waals surface area contributed by atoms with Gasteiger partial charge in [0.25, 0.3) is 0 Å². The van der Waals surface area contributed by atoms with Crippen molar-refractivity contribution < 1.29 is 25.8 Å². The van der Waals surface area contributed by atoms with Gasteiger partial charge in [-0.15, -0.1) is 30.3 Å². The van der Waals surface area contributed by atoms with Crippen LogP contribution in [0.3, 0.4) is 0 Å². The molecule has 0 atom stereocenters. The molecular formula is C9H10NOW-. The van der Waals surface area contributed by atoms with E-state index in [1.54, 1.807) is 12.1 Å². The van der Waals surface area contributed by atoms with Crippen LogP contribution in [0.25, 0.3) is 0 Å². The van der Waals surface area contributed by atoms with E-state index in [-0.39, 0.29) is 27.0 Å². The van der Waals surface area contributed by atoms with Gasteiger partial charge in [-0.25, -0.2) is 0 Å². The second-order valence-electron chi connectivity index (χ2n) is 2.04. The molecule has 0 spiro atoms. The summed E-state index contributed by atoms with van der Waals surface area (Å²) in [7, 11) is 0. The maximum atomic E-state index is 7.38. The Morgan fingerprint density at radius 2 is 2.33 bits per heavy atom. The third kappa shape index (κ3) is 3.18. The van der Waals surface area contributed by atoms with E-state index in [0.717, 1.165) is 0 Å². The zero-order valence-corrected chi connectivity index (χ0v) is 9.77. The second-order valence-corrected chi connectivity index (χ2v) is 2.04. The van der Waals surface area contributed by atoms with Crippen LogP contribution in [-0.2, 0) is 25.8 Å². The first-order valence-electron chi connectivity index (χ1n) is 3.53. The molecule has 0 unspecified atom stereocenters. The van der Waals surface area contributed by atoms with Crippen molar-refractivity contribution in [3.63, 3.8) is 0 Å². The van der Waals surface area contributed by atoms with E-state index < -0.39 is 0 Å². The molecule has 0 fully saturated rings. The molecule has 0 aliphatic carbocycles. The van der Waals surface area contributed by atoms with E-state index in [4.69, 9.17) is 10.1 Å². The first kappa shape index (κ1) is 11.4. The maximum Gasteiger partial charge on any atom is 0.126 e. The van der Waals surface area contributed by atoms with Gasteiger partial charge in [-0.1, -0.05) is 5.56 Å². The number of ether oxygens (including phenoxy) is 1. The number of nitrogens with one attached hydrogen (secondary N) is 1. The molecule has 1 N–H and O–H groups in total. The molecule has 12 heavy (non-hydrogen) atoms. The van der Waals surface area contributed by atoms with Crippen LogP contribution >= 0.6 is 0 Å². The fourth-order valence-corrected chi connectivity index (χ4v) is 0.757. The summed E-state index contributed by atoms with van der Waals surface area (Å²) < 4.78 is 4.98. The van der Waals surface area contributed by atoms with Crippen molar-refractivity contribution in [3.05, 3.63) is 35.9 Å². The van der Waals surface area contributed by atoms with Crippen LogP contribution in [-0.4, -0.2) is 12.5 Å². The van der Waals surface area contributed by atoms with Crippen molar-refractivity contribution in [2.45, 2.75) is 6.92 Å². The van der Waals surface area contributed by atoms with Crippen LogP contribution in [0.4, 0.5) is 0 Å². The van der Waals surface area contributed by atoms with Crippen LogP contribution in [0, 0.1) is 11.5 Å². The van der Waals surface area contributed by atoms with Crippen LogP contribution in [0.1, 0.15) is 12.5 Å². The van der Waals surface area contributed by atoms with Crippen LogP contribution < -0.4 is 0 Å². The van der Waals surface area contributed by atoms with Gasteiger partial charge in [0.05, 0.1) is 6.61 Å². The van der Waals surface area contributed by atoms with Gasteiger partial charge in [0.1, 0.15) is 5.90 Å². The summed E-state index contributed by atoms with van der Waals surface area (Å²) in [5.41, 5.74) is 0.703. The van der Waals surface area contributed by atoms with E-state index in [1.807, 2.05) is 19.1 Å². The van der Waals surface area contributed by atoms with E-state index >= 15 is 0 Å². The molecule has 0 amide bonds. The Bertz CT molecular complexity index is 236. The molecular weight excluding hydrogens is 322 g/mol. The Morgan fingerprint density at radius 3 is 2.83 bits per heavy atom. The monoisotopic (exact) mass is 332 g/mol. The summed E-state index contributed by atoms with van der Waals surface area (Å²) in [5.74, 6) is 0.188. The minimum atomic E-state index is 0. The van der Waals surface area contributed by atoms with Gasteiger partial charge in [0.2, 0.25) is 0 Å². The molecule has 0 saturated carbocycles. The van der Waals surface area contributed by atoms with Crippen molar-refractivity contribution in [2.75, 3.05) is 6.61 Å². The Balaban J connectivity index is 0.00000121. The summed E-state index contributed by atoms with van der Waals surface area (Å²) in [6, 6.07) is 10.2. The molecule has 0 heterocycles. The Morgan fingerprint density at radius 1 is 1.58 bits per heavy atom. The predicted molar refractivity (Wildman–Crippen MR) is 43.7 cm³/mol. The zero-order valence-electron chi connectivity index (χ0n) is 6.83. The average Bonchev–Trinajstić information content (AvgIpc) is 2.07. The van der Waals surface area contributed by atoms with Gasteiger partial charge in [-0.05, 0) is 6.92 Å². The Kier molecular flexibility index (Phi) is 5.65. The number of hydrogen-bond donors (Lipinski definition) is 1. The van der Waals surface area contributed by atoms with Crippen molar-refractivity contribution in [3.8, 4) is 0 Å². The van der Waals surface area contributed by atoms with Gasteiger partial charge in [0.15, 0.2) is 0 Å².